The Labute approximate surface area is 132 Å². The van der Waals surface area contributed by atoms with Crippen molar-refractivity contribution in [2.75, 3.05) is 4.90 Å². The Kier molecular flexibility index (Phi) is 3.25. The fraction of sp³-hybridized carbons (Fsp3) is 0.176. The van der Waals surface area contributed by atoms with E-state index in [2.05, 4.69) is 5.32 Å². The summed E-state index contributed by atoms with van der Waals surface area (Å²) < 4.78 is 0. The van der Waals surface area contributed by atoms with Gasteiger partial charge in [-0.3, -0.25) is 24.5 Å². The van der Waals surface area contributed by atoms with E-state index in [1.807, 2.05) is 6.92 Å². The SMILES string of the molecule is CC1=C(c2cc(N3C(=O)C=CC3=O)c(C)cc2C)C(=O)NC1=O. The van der Waals surface area contributed by atoms with E-state index in [1.54, 1.807) is 26.0 Å². The van der Waals surface area contributed by atoms with E-state index in [0.717, 1.165) is 16.0 Å². The molecule has 0 fully saturated rings. The van der Waals surface area contributed by atoms with Gasteiger partial charge >= 0.3 is 0 Å². The van der Waals surface area contributed by atoms with Crippen molar-refractivity contribution in [1.82, 2.24) is 5.32 Å². The third kappa shape index (κ3) is 2.19. The van der Waals surface area contributed by atoms with Gasteiger partial charge in [0.25, 0.3) is 23.6 Å². The van der Waals surface area contributed by atoms with E-state index >= 15 is 0 Å². The minimum absolute atomic E-state index is 0.279. The molecule has 0 spiro atoms. The van der Waals surface area contributed by atoms with Crippen LogP contribution < -0.4 is 10.2 Å². The standard InChI is InChI=1S/C17H14N2O4/c1-8-6-9(2)12(19-13(20)4-5-14(19)21)7-11(8)15-10(3)16(22)18-17(15)23/h4-7H,1-3H3,(H,18,22,23). The molecular formula is C17H14N2O4. The molecule has 0 bridgehead atoms. The van der Waals surface area contributed by atoms with Crippen molar-refractivity contribution in [1.29, 1.82) is 0 Å². The molecule has 0 saturated carbocycles. The van der Waals surface area contributed by atoms with Gasteiger partial charge in [-0.15, -0.1) is 0 Å². The third-order valence-corrected chi connectivity index (χ3v) is 4.03. The van der Waals surface area contributed by atoms with Gasteiger partial charge in [0.2, 0.25) is 0 Å². The van der Waals surface area contributed by atoms with Gasteiger partial charge in [-0.2, -0.15) is 0 Å². The van der Waals surface area contributed by atoms with Crippen LogP contribution in [0, 0.1) is 13.8 Å². The van der Waals surface area contributed by atoms with Gasteiger partial charge in [-0.05, 0) is 43.5 Å². The molecule has 0 aliphatic carbocycles. The molecule has 6 heteroatoms. The highest BCUT2D eigenvalue weighted by Gasteiger charge is 2.31. The van der Waals surface area contributed by atoms with Gasteiger partial charge < -0.3 is 0 Å². The van der Waals surface area contributed by atoms with Crippen molar-refractivity contribution in [3.63, 3.8) is 0 Å². The van der Waals surface area contributed by atoms with Crippen molar-refractivity contribution in [3.05, 3.63) is 46.5 Å². The zero-order valence-corrected chi connectivity index (χ0v) is 12.9. The minimum Gasteiger partial charge on any atom is -0.288 e. The Hall–Kier alpha value is -3.02. The summed E-state index contributed by atoms with van der Waals surface area (Å²) in [6.07, 6.45) is 2.41. The van der Waals surface area contributed by atoms with Crippen LogP contribution in [0.1, 0.15) is 23.6 Å². The van der Waals surface area contributed by atoms with Crippen LogP contribution in [0.5, 0.6) is 0 Å². The average Bonchev–Trinajstić information content (AvgIpc) is 2.92. The summed E-state index contributed by atoms with van der Waals surface area (Å²) in [4.78, 5) is 48.6. The Bertz CT molecular complexity index is 844. The Morgan fingerprint density at radius 1 is 0.826 bits per heavy atom. The first kappa shape index (κ1) is 14.9. The maximum Gasteiger partial charge on any atom is 0.259 e. The van der Waals surface area contributed by atoms with Crippen LogP contribution in [-0.2, 0) is 19.2 Å². The maximum atomic E-state index is 12.0. The number of carbonyl (C=O) groups excluding carboxylic acids is 4. The number of amides is 4. The first-order valence-corrected chi connectivity index (χ1v) is 7.05. The molecule has 2 aliphatic heterocycles. The molecule has 0 radical (unpaired) electrons. The van der Waals surface area contributed by atoms with E-state index < -0.39 is 23.6 Å². The molecule has 1 aromatic rings. The quantitative estimate of drug-likeness (QED) is 0.831. The largest absolute Gasteiger partial charge is 0.288 e. The number of nitrogens with zero attached hydrogens (tertiary/aromatic N) is 1. The molecule has 0 saturated heterocycles. The molecule has 116 valence electrons. The molecule has 3 rings (SSSR count). The molecule has 0 unspecified atom stereocenters. The predicted molar refractivity (Wildman–Crippen MR) is 83.3 cm³/mol. The van der Waals surface area contributed by atoms with Crippen molar-refractivity contribution in [2.45, 2.75) is 20.8 Å². The average molecular weight is 310 g/mol. The lowest BCUT2D eigenvalue weighted by atomic mass is 9.94. The van der Waals surface area contributed by atoms with Gasteiger partial charge in [0.05, 0.1) is 11.3 Å². The number of rotatable bonds is 2. The molecule has 2 heterocycles. The maximum absolute atomic E-state index is 12.0. The predicted octanol–water partition coefficient (Wildman–Crippen LogP) is 1.16. The lowest BCUT2D eigenvalue weighted by Gasteiger charge is -2.19. The Balaban J connectivity index is 2.20. The molecule has 1 N–H and O–H groups in total. The van der Waals surface area contributed by atoms with Gasteiger partial charge in [-0.25, -0.2) is 4.90 Å². The van der Waals surface area contributed by atoms with Crippen LogP contribution in [0.2, 0.25) is 0 Å². The number of imide groups is 2. The number of hydrogen-bond acceptors (Lipinski definition) is 4. The van der Waals surface area contributed by atoms with Gasteiger partial charge in [-0.1, -0.05) is 6.07 Å². The van der Waals surface area contributed by atoms with Crippen molar-refractivity contribution in [3.8, 4) is 0 Å². The van der Waals surface area contributed by atoms with E-state index in [9.17, 15) is 19.2 Å². The van der Waals surface area contributed by atoms with Crippen LogP contribution in [0.4, 0.5) is 5.69 Å². The van der Waals surface area contributed by atoms with Crippen LogP contribution in [-0.4, -0.2) is 23.6 Å². The number of nitrogens with one attached hydrogen (secondary N) is 1. The second-order valence-electron chi connectivity index (χ2n) is 5.58. The monoisotopic (exact) mass is 310 g/mol. The molecule has 0 atom stereocenters. The summed E-state index contributed by atoms with van der Waals surface area (Å²) in [6, 6.07) is 3.41. The number of benzene rings is 1. The molecule has 2 aliphatic rings. The lowest BCUT2D eigenvalue weighted by Crippen LogP contribution is -2.30. The minimum atomic E-state index is -0.470. The van der Waals surface area contributed by atoms with Crippen molar-refractivity contribution in [2.24, 2.45) is 0 Å². The number of anilines is 1. The summed E-state index contributed by atoms with van der Waals surface area (Å²) in [5, 5.41) is 2.25. The summed E-state index contributed by atoms with van der Waals surface area (Å²) in [5.41, 5.74) is 3.08. The highest BCUT2D eigenvalue weighted by molar-refractivity contribution is 6.36. The zero-order chi connectivity index (χ0) is 16.9. The highest BCUT2D eigenvalue weighted by atomic mass is 16.2. The van der Waals surface area contributed by atoms with E-state index in [1.165, 1.54) is 12.2 Å². The Morgan fingerprint density at radius 2 is 1.43 bits per heavy atom. The second-order valence-corrected chi connectivity index (χ2v) is 5.58. The number of carbonyl (C=O) groups is 4. The highest BCUT2D eigenvalue weighted by Crippen LogP contribution is 2.33. The smallest absolute Gasteiger partial charge is 0.259 e. The van der Waals surface area contributed by atoms with E-state index in [-0.39, 0.29) is 5.57 Å². The first-order valence-electron chi connectivity index (χ1n) is 7.05. The summed E-state index contributed by atoms with van der Waals surface area (Å²) in [6.45, 7) is 5.17. The molecule has 1 aromatic carbocycles. The molecule has 4 amide bonds. The summed E-state index contributed by atoms with van der Waals surface area (Å²) in [5.74, 6) is -1.75. The van der Waals surface area contributed by atoms with Crippen LogP contribution in [0.3, 0.4) is 0 Å². The fourth-order valence-corrected chi connectivity index (χ4v) is 2.86. The second kappa shape index (κ2) is 5.01. The molecule has 23 heavy (non-hydrogen) atoms. The molecule has 0 aromatic heterocycles. The van der Waals surface area contributed by atoms with Gasteiger partial charge in [0.1, 0.15) is 0 Å². The Morgan fingerprint density at radius 3 is 1.96 bits per heavy atom. The topological polar surface area (TPSA) is 83.6 Å². The summed E-state index contributed by atoms with van der Waals surface area (Å²) in [7, 11) is 0. The third-order valence-electron chi connectivity index (χ3n) is 4.03. The normalized spacial score (nSPS) is 17.6. The zero-order valence-electron chi connectivity index (χ0n) is 12.9. The van der Waals surface area contributed by atoms with Crippen molar-refractivity contribution < 1.29 is 19.2 Å². The number of hydrogen-bond donors (Lipinski definition) is 1. The van der Waals surface area contributed by atoms with Crippen LogP contribution >= 0.6 is 0 Å². The van der Waals surface area contributed by atoms with Crippen LogP contribution in [0.15, 0.2) is 29.9 Å². The number of aryl methyl sites for hydroxylation is 2. The van der Waals surface area contributed by atoms with E-state index in [4.69, 9.17) is 0 Å². The fourth-order valence-electron chi connectivity index (χ4n) is 2.86. The van der Waals surface area contributed by atoms with Gasteiger partial charge in [0, 0.05) is 17.7 Å². The van der Waals surface area contributed by atoms with Crippen molar-refractivity contribution >= 4 is 34.9 Å². The van der Waals surface area contributed by atoms with E-state index in [0.29, 0.717) is 16.8 Å². The molecule has 6 nitrogen and oxygen atoms in total. The van der Waals surface area contributed by atoms with Gasteiger partial charge in [0.15, 0.2) is 0 Å². The summed E-state index contributed by atoms with van der Waals surface area (Å²) >= 11 is 0. The first-order chi connectivity index (χ1) is 10.8. The van der Waals surface area contributed by atoms with Crippen LogP contribution in [0.25, 0.3) is 5.57 Å². The molecular weight excluding hydrogens is 296 g/mol. The lowest BCUT2D eigenvalue weighted by molar-refractivity contribution is -0.124.